The van der Waals surface area contributed by atoms with Crippen molar-refractivity contribution in [3.63, 3.8) is 0 Å². The van der Waals surface area contributed by atoms with E-state index in [0.29, 0.717) is 19.3 Å². The van der Waals surface area contributed by atoms with Crippen LogP contribution < -0.4 is 5.32 Å². The van der Waals surface area contributed by atoms with Gasteiger partial charge < -0.3 is 15.2 Å². The second-order valence-corrected chi connectivity index (χ2v) is 4.82. The lowest BCUT2D eigenvalue weighted by molar-refractivity contribution is -0.133. The Balaban J connectivity index is 2.47. The number of ether oxygens (including phenoxy) is 1. The molecule has 0 aromatic heterocycles. The van der Waals surface area contributed by atoms with Crippen LogP contribution in [0.15, 0.2) is 0 Å². The van der Waals surface area contributed by atoms with E-state index in [9.17, 15) is 13.6 Å². The van der Waals surface area contributed by atoms with Gasteiger partial charge in [0.25, 0.3) is 0 Å². The Bertz CT molecular complexity index is 268. The summed E-state index contributed by atoms with van der Waals surface area (Å²) in [6.45, 7) is 0.199. The van der Waals surface area contributed by atoms with Crippen molar-refractivity contribution in [2.45, 2.75) is 44.1 Å². The average molecular weight is 265 g/mol. The Morgan fingerprint density at radius 3 is 2.89 bits per heavy atom. The maximum atomic E-state index is 13.2. The molecular formula is C12H21F2NO3. The number of alkyl halides is 2. The lowest BCUT2D eigenvalue weighted by Gasteiger charge is -2.29. The maximum absolute atomic E-state index is 13.2. The summed E-state index contributed by atoms with van der Waals surface area (Å²) in [5, 5.41) is 11.5. The monoisotopic (exact) mass is 265 g/mol. The first-order valence-corrected chi connectivity index (χ1v) is 6.26. The van der Waals surface area contributed by atoms with Gasteiger partial charge in [0.05, 0.1) is 12.6 Å². The van der Waals surface area contributed by atoms with E-state index in [4.69, 9.17) is 9.84 Å². The third-order valence-electron chi connectivity index (χ3n) is 3.20. The number of amides is 1. The Hall–Kier alpha value is -0.750. The van der Waals surface area contributed by atoms with Crippen molar-refractivity contribution in [2.75, 3.05) is 20.3 Å². The molecule has 1 aliphatic carbocycles. The lowest BCUT2D eigenvalue weighted by Crippen LogP contribution is -2.44. The molecule has 0 aromatic rings. The molecule has 1 fully saturated rings. The number of nitrogens with one attached hydrogen (secondary N) is 1. The van der Waals surface area contributed by atoms with Crippen LogP contribution in [0.2, 0.25) is 0 Å². The van der Waals surface area contributed by atoms with Crippen LogP contribution in [0.25, 0.3) is 0 Å². The highest BCUT2D eigenvalue weighted by atomic mass is 19.3. The largest absolute Gasteiger partial charge is 0.396 e. The molecule has 0 radical (unpaired) electrons. The Morgan fingerprint density at radius 2 is 2.33 bits per heavy atom. The second-order valence-electron chi connectivity index (χ2n) is 4.82. The van der Waals surface area contributed by atoms with Crippen LogP contribution in [0.3, 0.4) is 0 Å². The van der Waals surface area contributed by atoms with Gasteiger partial charge in [-0.3, -0.25) is 4.79 Å². The van der Waals surface area contributed by atoms with E-state index in [2.05, 4.69) is 5.32 Å². The fraction of sp³-hybridized carbons (Fsp3) is 0.917. The third kappa shape index (κ3) is 4.86. The highest BCUT2D eigenvalue weighted by Crippen LogP contribution is 2.36. The summed E-state index contributed by atoms with van der Waals surface area (Å²) in [4.78, 5) is 11.9. The predicted octanol–water partition coefficient (Wildman–Crippen LogP) is 1.33. The molecule has 0 bridgehead atoms. The van der Waals surface area contributed by atoms with Crippen molar-refractivity contribution in [3.8, 4) is 0 Å². The molecule has 4 nitrogen and oxygen atoms in total. The minimum absolute atomic E-state index is 0.0743. The number of halogens is 2. The molecule has 0 spiro atoms. The fourth-order valence-electron chi connectivity index (χ4n) is 2.27. The van der Waals surface area contributed by atoms with Crippen LogP contribution in [0.5, 0.6) is 0 Å². The second kappa shape index (κ2) is 6.99. The van der Waals surface area contributed by atoms with Gasteiger partial charge in [0.15, 0.2) is 0 Å². The SMILES string of the molecule is COCC(CCO)NC(=O)C1CCCC(F)(F)C1. The first-order chi connectivity index (χ1) is 8.48. The van der Waals surface area contributed by atoms with E-state index in [1.807, 2.05) is 0 Å². The zero-order chi connectivity index (χ0) is 13.6. The van der Waals surface area contributed by atoms with Gasteiger partial charge in [0, 0.05) is 32.5 Å². The third-order valence-corrected chi connectivity index (χ3v) is 3.20. The molecule has 1 aliphatic rings. The minimum atomic E-state index is -2.73. The van der Waals surface area contributed by atoms with Gasteiger partial charge in [0.1, 0.15) is 0 Å². The van der Waals surface area contributed by atoms with Crippen molar-refractivity contribution in [3.05, 3.63) is 0 Å². The van der Waals surface area contributed by atoms with Gasteiger partial charge in [-0.25, -0.2) is 8.78 Å². The molecule has 0 saturated heterocycles. The Kier molecular flexibility index (Phi) is 5.95. The summed E-state index contributed by atoms with van der Waals surface area (Å²) < 4.78 is 31.3. The number of hydrogen-bond donors (Lipinski definition) is 2. The molecule has 2 atom stereocenters. The van der Waals surface area contributed by atoms with Gasteiger partial charge in [-0.2, -0.15) is 0 Å². The quantitative estimate of drug-likeness (QED) is 0.761. The molecule has 18 heavy (non-hydrogen) atoms. The molecule has 1 amide bonds. The molecule has 2 N–H and O–H groups in total. The van der Waals surface area contributed by atoms with Crippen LogP contribution in [-0.2, 0) is 9.53 Å². The van der Waals surface area contributed by atoms with E-state index >= 15 is 0 Å². The number of carbonyl (C=O) groups is 1. The van der Waals surface area contributed by atoms with Crippen molar-refractivity contribution in [1.29, 1.82) is 0 Å². The molecule has 1 saturated carbocycles. The standard InChI is InChI=1S/C12H21F2NO3/c1-18-8-10(4-6-16)15-11(17)9-3-2-5-12(13,14)7-9/h9-10,16H,2-8H2,1H3,(H,15,17). The van der Waals surface area contributed by atoms with Gasteiger partial charge in [-0.15, -0.1) is 0 Å². The number of aliphatic hydroxyl groups excluding tert-OH is 1. The topological polar surface area (TPSA) is 58.6 Å². The van der Waals surface area contributed by atoms with Gasteiger partial charge >= 0.3 is 0 Å². The van der Waals surface area contributed by atoms with Gasteiger partial charge in [-0.05, 0) is 19.3 Å². The molecule has 0 heterocycles. The summed E-state index contributed by atoms with van der Waals surface area (Å²) in [5.41, 5.74) is 0. The molecule has 0 aliphatic heterocycles. The van der Waals surface area contributed by atoms with Crippen LogP contribution in [0.1, 0.15) is 32.1 Å². The summed E-state index contributed by atoms with van der Waals surface area (Å²) in [5.74, 6) is -3.72. The summed E-state index contributed by atoms with van der Waals surface area (Å²) in [7, 11) is 1.49. The number of hydrogen-bond acceptors (Lipinski definition) is 3. The molecular weight excluding hydrogens is 244 g/mol. The smallest absolute Gasteiger partial charge is 0.248 e. The van der Waals surface area contributed by atoms with Crippen LogP contribution in [0.4, 0.5) is 8.78 Å². The Morgan fingerprint density at radius 1 is 1.61 bits per heavy atom. The zero-order valence-corrected chi connectivity index (χ0v) is 10.6. The molecule has 6 heteroatoms. The van der Waals surface area contributed by atoms with E-state index in [-0.39, 0.29) is 38.0 Å². The lowest BCUT2D eigenvalue weighted by atomic mass is 9.86. The highest BCUT2D eigenvalue weighted by molar-refractivity contribution is 5.79. The van der Waals surface area contributed by atoms with Crippen LogP contribution >= 0.6 is 0 Å². The summed E-state index contributed by atoms with van der Waals surface area (Å²) >= 11 is 0. The Labute approximate surface area is 106 Å². The first kappa shape index (κ1) is 15.3. The number of carbonyl (C=O) groups excluding carboxylic acids is 1. The van der Waals surface area contributed by atoms with E-state index in [0.717, 1.165) is 0 Å². The summed E-state index contributed by atoms with van der Waals surface area (Å²) in [6, 6.07) is -0.317. The normalized spacial score (nSPS) is 24.6. The van der Waals surface area contributed by atoms with Crippen molar-refractivity contribution in [2.24, 2.45) is 5.92 Å². The molecule has 0 aromatic carbocycles. The van der Waals surface area contributed by atoms with E-state index < -0.39 is 11.8 Å². The van der Waals surface area contributed by atoms with Crippen molar-refractivity contribution in [1.82, 2.24) is 5.32 Å². The van der Waals surface area contributed by atoms with E-state index in [1.165, 1.54) is 7.11 Å². The molecule has 2 unspecified atom stereocenters. The highest BCUT2D eigenvalue weighted by Gasteiger charge is 2.39. The molecule has 1 rings (SSSR count). The number of rotatable bonds is 6. The van der Waals surface area contributed by atoms with Crippen LogP contribution in [0, 0.1) is 5.92 Å². The van der Waals surface area contributed by atoms with E-state index in [1.54, 1.807) is 0 Å². The predicted molar refractivity (Wildman–Crippen MR) is 62.4 cm³/mol. The minimum Gasteiger partial charge on any atom is -0.396 e. The van der Waals surface area contributed by atoms with Crippen molar-refractivity contribution >= 4 is 5.91 Å². The number of aliphatic hydroxyl groups is 1. The van der Waals surface area contributed by atoms with Crippen LogP contribution in [-0.4, -0.2) is 43.3 Å². The first-order valence-electron chi connectivity index (χ1n) is 6.26. The molecule has 106 valence electrons. The van der Waals surface area contributed by atoms with Gasteiger partial charge in [-0.1, -0.05) is 0 Å². The number of methoxy groups -OCH3 is 1. The van der Waals surface area contributed by atoms with Gasteiger partial charge in [0.2, 0.25) is 11.8 Å². The maximum Gasteiger partial charge on any atom is 0.248 e. The van der Waals surface area contributed by atoms with Crippen molar-refractivity contribution < 1.29 is 23.4 Å². The summed E-state index contributed by atoms with van der Waals surface area (Å²) in [6.07, 6.45) is 0.732. The average Bonchev–Trinajstić information content (AvgIpc) is 2.28. The zero-order valence-electron chi connectivity index (χ0n) is 10.6. The fourth-order valence-corrected chi connectivity index (χ4v) is 2.27.